The summed E-state index contributed by atoms with van der Waals surface area (Å²) in [6, 6.07) is 14.0. The number of hydrogen-bond acceptors (Lipinski definition) is 2. The number of nitrogens with one attached hydrogen (secondary N) is 1. The zero-order valence-corrected chi connectivity index (χ0v) is 12.3. The van der Waals surface area contributed by atoms with Crippen LogP contribution < -0.4 is 5.32 Å². The number of carbonyl (C=O) groups excluding carboxylic acids is 1. The van der Waals surface area contributed by atoms with Gasteiger partial charge in [-0.05, 0) is 29.2 Å². The lowest BCUT2D eigenvalue weighted by molar-refractivity contribution is -0.157. The Morgan fingerprint density at radius 1 is 1.09 bits per heavy atom. The van der Waals surface area contributed by atoms with Crippen molar-refractivity contribution >= 4 is 22.6 Å². The van der Waals surface area contributed by atoms with Crippen LogP contribution in [0.25, 0.3) is 10.8 Å². The van der Waals surface area contributed by atoms with E-state index in [0.29, 0.717) is 19.4 Å². The molecule has 2 N–H and O–H groups in total. The average Bonchev–Trinajstić information content (AvgIpc) is 2.48. The van der Waals surface area contributed by atoms with Crippen LogP contribution >= 0.6 is 0 Å². The van der Waals surface area contributed by atoms with Crippen molar-refractivity contribution in [2.24, 2.45) is 5.41 Å². The van der Waals surface area contributed by atoms with E-state index in [1.807, 2.05) is 42.5 Å². The van der Waals surface area contributed by atoms with Crippen molar-refractivity contribution in [1.82, 2.24) is 5.32 Å². The van der Waals surface area contributed by atoms with E-state index in [0.717, 1.165) is 22.8 Å². The normalized spacial score (nSPS) is 16.0. The minimum absolute atomic E-state index is 0.0765. The van der Waals surface area contributed by atoms with Gasteiger partial charge in [0.15, 0.2) is 0 Å². The van der Waals surface area contributed by atoms with Crippen LogP contribution in [-0.4, -0.2) is 17.0 Å². The van der Waals surface area contributed by atoms with Gasteiger partial charge >= 0.3 is 5.97 Å². The van der Waals surface area contributed by atoms with Crippen molar-refractivity contribution in [2.75, 3.05) is 0 Å². The van der Waals surface area contributed by atoms with E-state index >= 15 is 0 Å². The van der Waals surface area contributed by atoms with Gasteiger partial charge < -0.3 is 10.4 Å². The summed E-state index contributed by atoms with van der Waals surface area (Å²) in [5, 5.41) is 14.4. The van der Waals surface area contributed by atoms with Crippen molar-refractivity contribution in [3.05, 3.63) is 48.0 Å². The number of fused-ring (bicyclic) bond motifs is 1. The van der Waals surface area contributed by atoms with Crippen LogP contribution in [0.4, 0.5) is 0 Å². The molecule has 114 valence electrons. The fourth-order valence-electron chi connectivity index (χ4n) is 3.08. The molecule has 0 heterocycles. The minimum Gasteiger partial charge on any atom is -0.481 e. The van der Waals surface area contributed by atoms with Crippen molar-refractivity contribution in [1.29, 1.82) is 0 Å². The Morgan fingerprint density at radius 3 is 2.50 bits per heavy atom. The molecule has 0 aromatic heterocycles. The summed E-state index contributed by atoms with van der Waals surface area (Å²) >= 11 is 0. The zero-order valence-electron chi connectivity index (χ0n) is 12.3. The second-order valence-corrected chi connectivity index (χ2v) is 6.03. The maximum atomic E-state index is 12.1. The molecule has 0 atom stereocenters. The number of amides is 1. The summed E-state index contributed by atoms with van der Waals surface area (Å²) in [6.07, 6.45) is 2.17. The molecule has 1 aliphatic carbocycles. The molecule has 2 aromatic carbocycles. The molecule has 0 unspecified atom stereocenters. The zero-order chi connectivity index (χ0) is 15.6. The number of carboxylic acids is 1. The predicted octanol–water partition coefficient (Wildman–Crippen LogP) is 3.10. The molecule has 22 heavy (non-hydrogen) atoms. The Balaban J connectivity index is 1.67. The van der Waals surface area contributed by atoms with Gasteiger partial charge in [0.25, 0.3) is 0 Å². The lowest BCUT2D eigenvalue weighted by Gasteiger charge is -2.36. The Hall–Kier alpha value is -2.36. The Morgan fingerprint density at radius 2 is 1.82 bits per heavy atom. The van der Waals surface area contributed by atoms with Crippen LogP contribution in [0, 0.1) is 5.41 Å². The van der Waals surface area contributed by atoms with Crippen LogP contribution in [0.15, 0.2) is 42.5 Å². The van der Waals surface area contributed by atoms with Gasteiger partial charge in [0.1, 0.15) is 0 Å². The van der Waals surface area contributed by atoms with E-state index in [2.05, 4.69) is 5.32 Å². The monoisotopic (exact) mass is 297 g/mol. The van der Waals surface area contributed by atoms with Gasteiger partial charge in [0.2, 0.25) is 5.91 Å². The van der Waals surface area contributed by atoms with Gasteiger partial charge in [0.05, 0.1) is 5.41 Å². The third-order valence-corrected chi connectivity index (χ3v) is 4.62. The molecule has 1 aliphatic rings. The topological polar surface area (TPSA) is 66.4 Å². The second kappa shape index (κ2) is 5.79. The van der Waals surface area contributed by atoms with E-state index in [1.165, 1.54) is 0 Å². The Labute approximate surface area is 129 Å². The molecule has 1 saturated carbocycles. The highest BCUT2D eigenvalue weighted by Gasteiger charge is 2.45. The third kappa shape index (κ3) is 2.69. The van der Waals surface area contributed by atoms with Gasteiger partial charge in [0, 0.05) is 13.0 Å². The second-order valence-electron chi connectivity index (χ2n) is 6.03. The predicted molar refractivity (Wildman–Crippen MR) is 84.3 cm³/mol. The number of benzene rings is 2. The number of carboxylic acid groups (broad SMARTS) is 1. The standard InChI is InChI=1S/C18H19NO3/c20-16(11-18(17(21)22)9-4-10-18)19-12-14-7-3-6-13-5-1-2-8-15(13)14/h1-3,5-8H,4,9-12H2,(H,19,20)(H,21,22). The van der Waals surface area contributed by atoms with E-state index in [1.54, 1.807) is 0 Å². The van der Waals surface area contributed by atoms with Gasteiger partial charge in [-0.3, -0.25) is 9.59 Å². The summed E-state index contributed by atoms with van der Waals surface area (Å²) in [5.41, 5.74) is 0.215. The number of aliphatic carboxylic acids is 1. The van der Waals surface area contributed by atoms with Crippen LogP contribution in [-0.2, 0) is 16.1 Å². The first-order chi connectivity index (χ1) is 10.6. The van der Waals surface area contributed by atoms with Gasteiger partial charge in [-0.25, -0.2) is 0 Å². The average molecular weight is 297 g/mol. The van der Waals surface area contributed by atoms with E-state index in [4.69, 9.17) is 0 Å². The summed E-state index contributed by atoms with van der Waals surface area (Å²) in [4.78, 5) is 23.4. The van der Waals surface area contributed by atoms with Gasteiger partial charge in [-0.2, -0.15) is 0 Å². The molecule has 0 spiro atoms. The molecule has 0 aliphatic heterocycles. The van der Waals surface area contributed by atoms with E-state index in [-0.39, 0.29) is 12.3 Å². The van der Waals surface area contributed by atoms with Crippen LogP contribution in [0.1, 0.15) is 31.2 Å². The van der Waals surface area contributed by atoms with Crippen LogP contribution in [0.2, 0.25) is 0 Å². The van der Waals surface area contributed by atoms with Crippen molar-refractivity contribution in [3.63, 3.8) is 0 Å². The summed E-state index contributed by atoms with van der Waals surface area (Å²) in [5.74, 6) is -1.03. The molecule has 3 rings (SSSR count). The maximum Gasteiger partial charge on any atom is 0.310 e. The molecule has 4 heteroatoms. The summed E-state index contributed by atoms with van der Waals surface area (Å²) in [6.45, 7) is 0.426. The molecule has 2 aromatic rings. The molecular weight excluding hydrogens is 278 g/mol. The minimum atomic E-state index is -0.848. The SMILES string of the molecule is O=C(CC1(C(=O)O)CCC1)NCc1cccc2ccccc12. The Kier molecular flexibility index (Phi) is 3.84. The fraction of sp³-hybridized carbons (Fsp3) is 0.333. The van der Waals surface area contributed by atoms with Crippen molar-refractivity contribution < 1.29 is 14.7 Å². The summed E-state index contributed by atoms with van der Waals surface area (Å²) in [7, 11) is 0. The third-order valence-electron chi connectivity index (χ3n) is 4.62. The Bertz CT molecular complexity index is 714. The van der Waals surface area contributed by atoms with Crippen molar-refractivity contribution in [3.8, 4) is 0 Å². The first-order valence-corrected chi connectivity index (χ1v) is 7.57. The van der Waals surface area contributed by atoms with E-state index in [9.17, 15) is 14.7 Å². The molecule has 4 nitrogen and oxygen atoms in total. The van der Waals surface area contributed by atoms with Crippen molar-refractivity contribution in [2.45, 2.75) is 32.2 Å². The largest absolute Gasteiger partial charge is 0.481 e. The molecule has 1 fully saturated rings. The molecule has 0 saturated heterocycles. The smallest absolute Gasteiger partial charge is 0.310 e. The van der Waals surface area contributed by atoms with E-state index < -0.39 is 11.4 Å². The highest BCUT2D eigenvalue weighted by atomic mass is 16.4. The molecule has 1 amide bonds. The molecule has 0 bridgehead atoms. The van der Waals surface area contributed by atoms with Gasteiger partial charge in [-0.1, -0.05) is 48.9 Å². The van der Waals surface area contributed by atoms with Crippen LogP contribution in [0.5, 0.6) is 0 Å². The first-order valence-electron chi connectivity index (χ1n) is 7.57. The molecule has 0 radical (unpaired) electrons. The lowest BCUT2D eigenvalue weighted by Crippen LogP contribution is -2.42. The number of rotatable bonds is 5. The molecular formula is C18H19NO3. The van der Waals surface area contributed by atoms with Gasteiger partial charge in [-0.15, -0.1) is 0 Å². The highest BCUT2D eigenvalue weighted by Crippen LogP contribution is 2.44. The summed E-state index contributed by atoms with van der Waals surface area (Å²) < 4.78 is 0. The first kappa shape index (κ1) is 14.6. The maximum absolute atomic E-state index is 12.1. The van der Waals surface area contributed by atoms with Crippen LogP contribution in [0.3, 0.4) is 0 Å². The fourth-order valence-corrected chi connectivity index (χ4v) is 3.08. The quantitative estimate of drug-likeness (QED) is 0.891. The number of carbonyl (C=O) groups is 2. The lowest BCUT2D eigenvalue weighted by atomic mass is 9.66. The number of hydrogen-bond donors (Lipinski definition) is 2. The highest BCUT2D eigenvalue weighted by molar-refractivity contribution is 5.87.